The van der Waals surface area contributed by atoms with Crippen LogP contribution in [0.3, 0.4) is 0 Å². The lowest BCUT2D eigenvalue weighted by atomic mass is 10.0. The number of rotatable bonds is 1. The number of fused-ring (bicyclic) bond motifs is 1. The number of carbonyl (C=O) groups is 1. The molecule has 0 radical (unpaired) electrons. The molecule has 0 spiro atoms. The highest BCUT2D eigenvalue weighted by Gasteiger charge is 2.28. The summed E-state index contributed by atoms with van der Waals surface area (Å²) in [5.74, 6) is 0.882. The SMILES string of the molecule is COC(=O)N1CCc2cc(OC)c(C)c(C)c21. The quantitative estimate of drug-likeness (QED) is 0.750. The molecule has 1 aliphatic heterocycles. The van der Waals surface area contributed by atoms with Crippen LogP contribution in [0.25, 0.3) is 0 Å². The molecule has 0 aliphatic carbocycles. The lowest BCUT2D eigenvalue weighted by molar-refractivity contribution is 0.179. The van der Waals surface area contributed by atoms with Gasteiger partial charge in [-0.1, -0.05) is 0 Å². The molecule has 92 valence electrons. The van der Waals surface area contributed by atoms with E-state index >= 15 is 0 Å². The van der Waals surface area contributed by atoms with Gasteiger partial charge in [0.1, 0.15) is 5.75 Å². The summed E-state index contributed by atoms with van der Waals surface area (Å²) in [6.07, 6.45) is 0.554. The standard InChI is InChI=1S/C13H17NO3/c1-8-9(2)12-10(7-11(8)16-3)5-6-14(12)13(15)17-4/h7H,5-6H2,1-4H3. The fourth-order valence-corrected chi connectivity index (χ4v) is 2.35. The minimum atomic E-state index is -0.295. The summed E-state index contributed by atoms with van der Waals surface area (Å²) >= 11 is 0. The van der Waals surface area contributed by atoms with Gasteiger partial charge in [-0.2, -0.15) is 0 Å². The molecule has 2 rings (SSSR count). The minimum Gasteiger partial charge on any atom is -0.496 e. The van der Waals surface area contributed by atoms with Crippen LogP contribution in [0.2, 0.25) is 0 Å². The van der Waals surface area contributed by atoms with E-state index in [2.05, 4.69) is 0 Å². The van der Waals surface area contributed by atoms with Crippen molar-refractivity contribution < 1.29 is 14.3 Å². The van der Waals surface area contributed by atoms with Gasteiger partial charge in [-0.3, -0.25) is 4.90 Å². The first-order valence-electron chi connectivity index (χ1n) is 5.62. The molecule has 0 saturated heterocycles. The molecule has 0 atom stereocenters. The Labute approximate surface area is 101 Å². The zero-order valence-corrected chi connectivity index (χ0v) is 10.7. The van der Waals surface area contributed by atoms with E-state index < -0.39 is 0 Å². The van der Waals surface area contributed by atoms with Crippen molar-refractivity contribution in [3.63, 3.8) is 0 Å². The van der Waals surface area contributed by atoms with Crippen LogP contribution < -0.4 is 9.64 Å². The highest BCUT2D eigenvalue weighted by Crippen LogP contribution is 2.38. The molecule has 0 bridgehead atoms. The van der Waals surface area contributed by atoms with Crippen molar-refractivity contribution in [2.45, 2.75) is 20.3 Å². The van der Waals surface area contributed by atoms with Crippen LogP contribution in [0.15, 0.2) is 6.07 Å². The third kappa shape index (κ3) is 1.73. The van der Waals surface area contributed by atoms with Gasteiger partial charge in [0.05, 0.1) is 19.9 Å². The molecule has 0 saturated carbocycles. The van der Waals surface area contributed by atoms with Gasteiger partial charge in [-0.05, 0) is 43.0 Å². The Bertz CT molecular complexity index is 468. The van der Waals surface area contributed by atoms with Crippen molar-refractivity contribution in [2.24, 2.45) is 0 Å². The summed E-state index contributed by atoms with van der Waals surface area (Å²) in [5, 5.41) is 0. The third-order valence-electron chi connectivity index (χ3n) is 3.39. The van der Waals surface area contributed by atoms with Crippen LogP contribution in [0.5, 0.6) is 5.75 Å². The summed E-state index contributed by atoms with van der Waals surface area (Å²) in [4.78, 5) is 13.4. The van der Waals surface area contributed by atoms with Crippen molar-refractivity contribution in [2.75, 3.05) is 25.7 Å². The summed E-state index contributed by atoms with van der Waals surface area (Å²) < 4.78 is 10.1. The molecular formula is C13H17NO3. The monoisotopic (exact) mass is 235 g/mol. The molecule has 4 heteroatoms. The maximum Gasteiger partial charge on any atom is 0.414 e. The molecule has 0 aromatic heterocycles. The predicted octanol–water partition coefficient (Wildman–Crippen LogP) is 2.44. The van der Waals surface area contributed by atoms with Crippen LogP contribution in [-0.2, 0) is 11.2 Å². The summed E-state index contributed by atoms with van der Waals surface area (Å²) in [6.45, 7) is 4.69. The Balaban J connectivity index is 2.53. The lowest BCUT2D eigenvalue weighted by Gasteiger charge is -2.20. The molecule has 0 unspecified atom stereocenters. The van der Waals surface area contributed by atoms with Crippen molar-refractivity contribution in [1.29, 1.82) is 0 Å². The van der Waals surface area contributed by atoms with Gasteiger partial charge in [0.2, 0.25) is 0 Å². The fourth-order valence-electron chi connectivity index (χ4n) is 2.35. The van der Waals surface area contributed by atoms with Crippen LogP contribution in [-0.4, -0.2) is 26.9 Å². The van der Waals surface area contributed by atoms with Crippen molar-refractivity contribution in [1.82, 2.24) is 0 Å². The van der Waals surface area contributed by atoms with Crippen molar-refractivity contribution in [3.8, 4) is 5.75 Å². The van der Waals surface area contributed by atoms with Gasteiger partial charge in [-0.15, -0.1) is 0 Å². The molecule has 4 nitrogen and oxygen atoms in total. The number of ether oxygens (including phenoxy) is 2. The molecule has 1 aromatic rings. The summed E-state index contributed by atoms with van der Waals surface area (Å²) in [5.41, 5.74) is 4.29. The van der Waals surface area contributed by atoms with E-state index in [1.165, 1.54) is 7.11 Å². The average Bonchev–Trinajstić information content (AvgIpc) is 2.76. The number of carbonyl (C=O) groups excluding carboxylic acids is 1. The molecular weight excluding hydrogens is 218 g/mol. The van der Waals surface area contributed by atoms with Crippen molar-refractivity contribution >= 4 is 11.8 Å². The smallest absolute Gasteiger partial charge is 0.414 e. The van der Waals surface area contributed by atoms with Crippen LogP contribution in [0.1, 0.15) is 16.7 Å². The molecule has 1 aliphatic rings. The topological polar surface area (TPSA) is 38.8 Å². The van der Waals surface area contributed by atoms with Gasteiger partial charge >= 0.3 is 6.09 Å². The molecule has 1 aromatic carbocycles. The summed E-state index contributed by atoms with van der Waals surface area (Å²) in [6, 6.07) is 2.01. The molecule has 17 heavy (non-hydrogen) atoms. The first kappa shape index (κ1) is 11.8. The van der Waals surface area contributed by atoms with Crippen LogP contribution in [0.4, 0.5) is 10.5 Å². The van der Waals surface area contributed by atoms with Crippen LogP contribution in [0, 0.1) is 13.8 Å². The number of hydrogen-bond acceptors (Lipinski definition) is 3. The van der Waals surface area contributed by atoms with Gasteiger partial charge in [0.15, 0.2) is 0 Å². The van der Waals surface area contributed by atoms with Gasteiger partial charge < -0.3 is 9.47 Å². The van der Waals surface area contributed by atoms with Crippen LogP contribution >= 0.6 is 0 Å². The first-order valence-corrected chi connectivity index (χ1v) is 5.62. The fraction of sp³-hybridized carbons (Fsp3) is 0.462. The normalized spacial score (nSPS) is 13.5. The van der Waals surface area contributed by atoms with Gasteiger partial charge in [0.25, 0.3) is 0 Å². The second-order valence-electron chi connectivity index (χ2n) is 4.21. The van der Waals surface area contributed by atoms with Gasteiger partial charge in [-0.25, -0.2) is 4.79 Å². The second-order valence-corrected chi connectivity index (χ2v) is 4.21. The summed E-state index contributed by atoms with van der Waals surface area (Å²) in [7, 11) is 3.08. The minimum absolute atomic E-state index is 0.295. The van der Waals surface area contributed by atoms with E-state index in [4.69, 9.17) is 9.47 Å². The number of amides is 1. The maximum atomic E-state index is 11.7. The first-order chi connectivity index (χ1) is 8.10. The second kappa shape index (κ2) is 4.28. The molecule has 1 amide bonds. The van der Waals surface area contributed by atoms with E-state index in [-0.39, 0.29) is 6.09 Å². The Morgan fingerprint density at radius 3 is 2.59 bits per heavy atom. The van der Waals surface area contributed by atoms with E-state index in [0.29, 0.717) is 6.54 Å². The number of anilines is 1. The Morgan fingerprint density at radius 2 is 2.00 bits per heavy atom. The molecule has 0 N–H and O–H groups in total. The zero-order chi connectivity index (χ0) is 12.6. The van der Waals surface area contributed by atoms with E-state index in [1.54, 1.807) is 12.0 Å². The maximum absolute atomic E-state index is 11.7. The largest absolute Gasteiger partial charge is 0.496 e. The average molecular weight is 235 g/mol. The number of nitrogens with zero attached hydrogens (tertiary/aromatic N) is 1. The van der Waals surface area contributed by atoms with E-state index in [0.717, 1.165) is 34.5 Å². The highest BCUT2D eigenvalue weighted by molar-refractivity contribution is 5.92. The van der Waals surface area contributed by atoms with E-state index in [1.807, 2.05) is 19.9 Å². The number of methoxy groups -OCH3 is 2. The Hall–Kier alpha value is -1.71. The number of hydrogen-bond donors (Lipinski definition) is 0. The van der Waals surface area contributed by atoms with E-state index in [9.17, 15) is 4.79 Å². The predicted molar refractivity (Wildman–Crippen MR) is 65.9 cm³/mol. The Kier molecular flexibility index (Phi) is 2.96. The zero-order valence-electron chi connectivity index (χ0n) is 10.7. The lowest BCUT2D eigenvalue weighted by Crippen LogP contribution is -2.29. The van der Waals surface area contributed by atoms with Gasteiger partial charge in [0, 0.05) is 6.54 Å². The third-order valence-corrected chi connectivity index (χ3v) is 3.39. The Morgan fingerprint density at radius 1 is 1.29 bits per heavy atom. The number of benzene rings is 1. The highest BCUT2D eigenvalue weighted by atomic mass is 16.5. The molecule has 0 fully saturated rings. The molecule has 1 heterocycles. The van der Waals surface area contributed by atoms with Crippen molar-refractivity contribution in [3.05, 3.63) is 22.8 Å².